The summed E-state index contributed by atoms with van der Waals surface area (Å²) in [6, 6.07) is 0. The van der Waals surface area contributed by atoms with Crippen molar-refractivity contribution >= 4 is 16.6 Å². The van der Waals surface area contributed by atoms with E-state index in [9.17, 15) is 0 Å². The minimum Gasteiger partial charge on any atom is -0.449 e. The summed E-state index contributed by atoms with van der Waals surface area (Å²) in [5, 5.41) is 2.06. The van der Waals surface area contributed by atoms with E-state index in [0.717, 1.165) is 10.4 Å². The van der Waals surface area contributed by atoms with Crippen LogP contribution in [0.4, 0.5) is 0 Å². The highest BCUT2D eigenvalue weighted by atomic mass is 28.4. The zero-order chi connectivity index (χ0) is 12.3. The van der Waals surface area contributed by atoms with Crippen molar-refractivity contribution in [2.75, 3.05) is 0 Å². The fraction of sp³-hybridized carbons (Fsp3) is 0.333. The van der Waals surface area contributed by atoms with Crippen LogP contribution in [-0.2, 0) is 4.12 Å². The first-order chi connectivity index (χ1) is 6.67. The molecule has 0 aromatic carbocycles. The molecule has 0 rings (SSSR count). The minimum atomic E-state index is -1.88. The summed E-state index contributed by atoms with van der Waals surface area (Å²) in [6.45, 7) is 24.1. The van der Waals surface area contributed by atoms with E-state index in [1.54, 1.807) is 12.2 Å². The SMILES string of the molecule is C=CC(=C)[Si](C)(C)O[Si](C)(C)C(=C)C=C. The van der Waals surface area contributed by atoms with Crippen LogP contribution in [-0.4, -0.2) is 16.6 Å². The second kappa shape index (κ2) is 4.92. The van der Waals surface area contributed by atoms with Gasteiger partial charge in [-0.1, -0.05) is 38.5 Å². The number of hydrogen-bond donors (Lipinski definition) is 0. The van der Waals surface area contributed by atoms with Crippen molar-refractivity contribution in [2.24, 2.45) is 0 Å². The molecular weight excluding hydrogens is 216 g/mol. The van der Waals surface area contributed by atoms with Crippen molar-refractivity contribution in [1.82, 2.24) is 0 Å². The topological polar surface area (TPSA) is 9.23 Å². The fourth-order valence-corrected chi connectivity index (χ4v) is 8.40. The molecule has 0 N–H and O–H groups in total. The molecule has 0 amide bonds. The standard InChI is InChI=1S/C12H22OSi2/c1-9-11(3)14(5,6)13-15(7,8)12(4)10-2/h9-10H,1-4H2,5-8H3. The Labute approximate surface area is 96.1 Å². The zero-order valence-corrected chi connectivity index (χ0v) is 12.4. The smallest absolute Gasteiger partial charge is 0.205 e. The average molecular weight is 238 g/mol. The Morgan fingerprint density at radius 2 is 1.13 bits per heavy atom. The lowest BCUT2D eigenvalue weighted by molar-refractivity contribution is 0.565. The maximum absolute atomic E-state index is 6.27. The Morgan fingerprint density at radius 3 is 1.33 bits per heavy atom. The molecule has 84 valence electrons. The Balaban J connectivity index is 4.86. The Kier molecular flexibility index (Phi) is 4.71. The summed E-state index contributed by atoms with van der Waals surface area (Å²) in [4.78, 5) is 0. The van der Waals surface area contributed by atoms with Crippen LogP contribution in [0.5, 0.6) is 0 Å². The number of allylic oxidation sites excluding steroid dienone is 4. The van der Waals surface area contributed by atoms with Gasteiger partial charge in [-0.3, -0.25) is 0 Å². The highest BCUT2D eigenvalue weighted by Crippen LogP contribution is 2.25. The lowest BCUT2D eigenvalue weighted by Gasteiger charge is -2.34. The van der Waals surface area contributed by atoms with Gasteiger partial charge >= 0.3 is 0 Å². The normalized spacial score (nSPS) is 12.0. The van der Waals surface area contributed by atoms with E-state index in [2.05, 4.69) is 52.5 Å². The number of hydrogen-bond acceptors (Lipinski definition) is 1. The molecule has 0 spiro atoms. The van der Waals surface area contributed by atoms with E-state index in [1.165, 1.54) is 0 Å². The van der Waals surface area contributed by atoms with Gasteiger partial charge in [0.2, 0.25) is 16.6 Å². The van der Waals surface area contributed by atoms with Gasteiger partial charge in [0.25, 0.3) is 0 Å². The van der Waals surface area contributed by atoms with Crippen LogP contribution in [0.2, 0.25) is 26.2 Å². The third kappa shape index (κ3) is 3.78. The van der Waals surface area contributed by atoms with Crippen molar-refractivity contribution < 1.29 is 4.12 Å². The van der Waals surface area contributed by atoms with Crippen LogP contribution in [0.25, 0.3) is 0 Å². The van der Waals surface area contributed by atoms with Crippen molar-refractivity contribution in [3.8, 4) is 0 Å². The summed E-state index contributed by atoms with van der Waals surface area (Å²) >= 11 is 0. The van der Waals surface area contributed by atoms with Gasteiger partial charge in [0, 0.05) is 0 Å². The van der Waals surface area contributed by atoms with Gasteiger partial charge < -0.3 is 4.12 Å². The molecule has 15 heavy (non-hydrogen) atoms. The van der Waals surface area contributed by atoms with Crippen LogP contribution in [0.1, 0.15) is 0 Å². The van der Waals surface area contributed by atoms with E-state index in [1.807, 2.05) is 0 Å². The maximum atomic E-state index is 6.27. The maximum Gasteiger partial charge on any atom is 0.205 e. The molecule has 0 atom stereocenters. The van der Waals surface area contributed by atoms with E-state index >= 15 is 0 Å². The highest BCUT2D eigenvalue weighted by Gasteiger charge is 2.35. The molecule has 0 aromatic rings. The fourth-order valence-electron chi connectivity index (χ4n) is 1.26. The molecule has 0 saturated heterocycles. The summed E-state index contributed by atoms with van der Waals surface area (Å²) in [5.74, 6) is 0. The van der Waals surface area contributed by atoms with Crippen LogP contribution >= 0.6 is 0 Å². The molecule has 0 radical (unpaired) electrons. The largest absolute Gasteiger partial charge is 0.449 e. The van der Waals surface area contributed by atoms with Gasteiger partial charge in [0.15, 0.2) is 0 Å². The monoisotopic (exact) mass is 238 g/mol. The molecule has 0 unspecified atom stereocenters. The first kappa shape index (κ1) is 14.4. The molecule has 1 nitrogen and oxygen atoms in total. The summed E-state index contributed by atoms with van der Waals surface area (Å²) in [5.41, 5.74) is 0. The van der Waals surface area contributed by atoms with Gasteiger partial charge in [-0.25, -0.2) is 0 Å². The third-order valence-electron chi connectivity index (χ3n) is 2.55. The first-order valence-electron chi connectivity index (χ1n) is 5.01. The second-order valence-corrected chi connectivity index (χ2v) is 12.7. The third-order valence-corrected chi connectivity index (χ3v) is 10.1. The lowest BCUT2D eigenvalue weighted by Crippen LogP contribution is -2.46. The van der Waals surface area contributed by atoms with Crippen molar-refractivity contribution in [2.45, 2.75) is 26.2 Å². The van der Waals surface area contributed by atoms with Crippen molar-refractivity contribution in [3.63, 3.8) is 0 Å². The van der Waals surface area contributed by atoms with Crippen LogP contribution in [0.3, 0.4) is 0 Å². The first-order valence-corrected chi connectivity index (χ1v) is 10.8. The van der Waals surface area contributed by atoms with Crippen LogP contribution < -0.4 is 0 Å². The van der Waals surface area contributed by atoms with E-state index in [-0.39, 0.29) is 0 Å². The summed E-state index contributed by atoms with van der Waals surface area (Å²) in [7, 11) is -3.76. The molecule has 0 aliphatic heterocycles. The molecule has 0 heterocycles. The summed E-state index contributed by atoms with van der Waals surface area (Å²) < 4.78 is 6.27. The minimum absolute atomic E-state index is 1.03. The Bertz CT molecular complexity index is 271. The lowest BCUT2D eigenvalue weighted by atomic mass is 10.6. The second-order valence-electron chi connectivity index (χ2n) is 4.58. The van der Waals surface area contributed by atoms with E-state index in [0.29, 0.717) is 0 Å². The predicted octanol–water partition coefficient (Wildman–Crippen LogP) is 3.98. The Hall–Kier alpha value is -0.646. The van der Waals surface area contributed by atoms with Crippen molar-refractivity contribution in [1.29, 1.82) is 0 Å². The molecule has 0 aliphatic carbocycles. The van der Waals surface area contributed by atoms with Gasteiger partial charge in [-0.2, -0.15) is 0 Å². The van der Waals surface area contributed by atoms with Gasteiger partial charge in [-0.05, 0) is 36.6 Å². The van der Waals surface area contributed by atoms with Crippen molar-refractivity contribution in [3.05, 3.63) is 48.9 Å². The van der Waals surface area contributed by atoms with Gasteiger partial charge in [0.05, 0.1) is 0 Å². The van der Waals surface area contributed by atoms with Gasteiger partial charge in [-0.15, -0.1) is 0 Å². The van der Waals surface area contributed by atoms with E-state index in [4.69, 9.17) is 4.12 Å². The Morgan fingerprint density at radius 1 is 0.867 bits per heavy atom. The molecule has 0 bridgehead atoms. The molecular formula is C12H22OSi2. The average Bonchev–Trinajstić information content (AvgIpc) is 2.13. The number of rotatable bonds is 6. The molecule has 0 aliphatic rings. The quantitative estimate of drug-likeness (QED) is 0.502. The predicted molar refractivity (Wildman–Crippen MR) is 74.7 cm³/mol. The molecule has 3 heteroatoms. The summed E-state index contributed by atoms with van der Waals surface area (Å²) in [6.07, 6.45) is 3.60. The van der Waals surface area contributed by atoms with Crippen LogP contribution in [0.15, 0.2) is 48.9 Å². The molecule has 0 saturated carbocycles. The van der Waals surface area contributed by atoms with Crippen LogP contribution in [0, 0.1) is 0 Å². The van der Waals surface area contributed by atoms with E-state index < -0.39 is 16.6 Å². The highest BCUT2D eigenvalue weighted by molar-refractivity contribution is 6.92. The van der Waals surface area contributed by atoms with Gasteiger partial charge in [0.1, 0.15) is 0 Å². The zero-order valence-electron chi connectivity index (χ0n) is 10.4. The molecule has 0 fully saturated rings. The molecule has 0 aromatic heterocycles.